The lowest BCUT2D eigenvalue weighted by molar-refractivity contribution is -0.114. The molecule has 0 aliphatic rings. The van der Waals surface area contributed by atoms with Crippen molar-refractivity contribution in [1.29, 1.82) is 0 Å². The summed E-state index contributed by atoms with van der Waals surface area (Å²) in [6.07, 6.45) is 3.20. The normalized spacial score (nSPS) is 10.2. The van der Waals surface area contributed by atoms with E-state index in [0.29, 0.717) is 5.82 Å². The molecule has 0 spiro atoms. The van der Waals surface area contributed by atoms with E-state index in [1.54, 1.807) is 18.6 Å². The highest BCUT2D eigenvalue weighted by molar-refractivity contribution is 5.89. The number of carbonyl (C=O) groups is 1. The average molecular weight is 176 g/mol. The first-order chi connectivity index (χ1) is 6.25. The molecule has 2 aromatic rings. The Bertz CT molecular complexity index is 448. The zero-order valence-electron chi connectivity index (χ0n) is 7.03. The Morgan fingerprint density at radius 2 is 2.38 bits per heavy atom. The van der Waals surface area contributed by atoms with Crippen molar-refractivity contribution in [2.75, 3.05) is 5.32 Å². The molecule has 2 N–H and O–H groups in total. The van der Waals surface area contributed by atoms with Crippen LogP contribution in [-0.2, 0) is 4.79 Å². The van der Waals surface area contributed by atoms with Crippen molar-refractivity contribution in [3.63, 3.8) is 0 Å². The number of carbonyl (C=O) groups excluding carboxylic acids is 1. The molecule has 0 atom stereocenters. The third-order valence-corrected chi connectivity index (χ3v) is 1.61. The molecule has 2 aromatic heterocycles. The van der Waals surface area contributed by atoms with E-state index in [9.17, 15) is 4.79 Å². The predicted octanol–water partition coefficient (Wildman–Crippen LogP) is 0.916. The topological polar surface area (TPSA) is 70.7 Å². The molecule has 13 heavy (non-hydrogen) atoms. The van der Waals surface area contributed by atoms with Gasteiger partial charge >= 0.3 is 0 Å². The molecule has 0 saturated carbocycles. The van der Waals surface area contributed by atoms with Gasteiger partial charge in [0.1, 0.15) is 11.3 Å². The van der Waals surface area contributed by atoms with E-state index < -0.39 is 0 Å². The quantitative estimate of drug-likeness (QED) is 0.678. The molecule has 5 nitrogen and oxygen atoms in total. The lowest BCUT2D eigenvalue weighted by atomic mass is 10.4. The number of pyridine rings is 1. The van der Waals surface area contributed by atoms with Gasteiger partial charge in [0.05, 0.1) is 18.0 Å². The van der Waals surface area contributed by atoms with Gasteiger partial charge in [-0.2, -0.15) is 0 Å². The van der Waals surface area contributed by atoms with Gasteiger partial charge in [0, 0.05) is 13.0 Å². The fourth-order valence-electron chi connectivity index (χ4n) is 1.09. The van der Waals surface area contributed by atoms with Gasteiger partial charge in [0.25, 0.3) is 0 Å². The fourth-order valence-corrected chi connectivity index (χ4v) is 1.09. The predicted molar refractivity (Wildman–Crippen MR) is 48.2 cm³/mol. The van der Waals surface area contributed by atoms with Crippen LogP contribution in [0.25, 0.3) is 11.0 Å². The summed E-state index contributed by atoms with van der Waals surface area (Å²) in [5, 5.41) is 2.59. The number of anilines is 1. The standard InChI is InChI=1S/C8H8N4O/c1-5(13)12-8-2-6-7(3-9-8)11-4-10-6/h2-4H,1H3,(H,10,11)(H,9,12,13). The zero-order chi connectivity index (χ0) is 9.26. The Morgan fingerprint density at radius 3 is 3.15 bits per heavy atom. The maximum Gasteiger partial charge on any atom is 0.222 e. The number of imidazole rings is 1. The molecule has 0 saturated heterocycles. The number of nitrogens with one attached hydrogen (secondary N) is 2. The lowest BCUT2D eigenvalue weighted by Crippen LogP contribution is -2.06. The molecule has 0 bridgehead atoms. The van der Waals surface area contributed by atoms with Crippen LogP contribution in [0, 0.1) is 0 Å². The van der Waals surface area contributed by atoms with Crippen molar-refractivity contribution in [3.05, 3.63) is 18.6 Å². The fraction of sp³-hybridized carbons (Fsp3) is 0.125. The van der Waals surface area contributed by atoms with Crippen molar-refractivity contribution >= 4 is 22.8 Å². The highest BCUT2D eigenvalue weighted by Crippen LogP contribution is 2.11. The van der Waals surface area contributed by atoms with Crippen molar-refractivity contribution in [3.8, 4) is 0 Å². The van der Waals surface area contributed by atoms with E-state index >= 15 is 0 Å². The van der Waals surface area contributed by atoms with Gasteiger partial charge in [0.2, 0.25) is 5.91 Å². The molecule has 0 aliphatic carbocycles. The summed E-state index contributed by atoms with van der Waals surface area (Å²) in [7, 11) is 0. The highest BCUT2D eigenvalue weighted by Gasteiger charge is 2.00. The maximum absolute atomic E-state index is 10.7. The van der Waals surface area contributed by atoms with E-state index in [1.165, 1.54) is 6.92 Å². The molecule has 0 aliphatic heterocycles. The third kappa shape index (κ3) is 1.48. The first-order valence-corrected chi connectivity index (χ1v) is 3.82. The van der Waals surface area contributed by atoms with Crippen LogP contribution < -0.4 is 5.32 Å². The van der Waals surface area contributed by atoms with Gasteiger partial charge < -0.3 is 10.3 Å². The van der Waals surface area contributed by atoms with Gasteiger partial charge in [-0.05, 0) is 0 Å². The second kappa shape index (κ2) is 2.85. The van der Waals surface area contributed by atoms with Gasteiger partial charge in [-0.3, -0.25) is 4.79 Å². The number of aromatic amines is 1. The number of nitrogens with zero attached hydrogens (tertiary/aromatic N) is 2. The van der Waals surface area contributed by atoms with E-state index in [1.807, 2.05) is 0 Å². The van der Waals surface area contributed by atoms with Crippen LogP contribution >= 0.6 is 0 Å². The lowest BCUT2D eigenvalue weighted by Gasteiger charge is -1.98. The van der Waals surface area contributed by atoms with Crippen LogP contribution in [0.1, 0.15) is 6.92 Å². The molecular formula is C8H8N4O. The first kappa shape index (κ1) is 7.72. The summed E-state index contributed by atoms with van der Waals surface area (Å²) in [5.74, 6) is 0.399. The average Bonchev–Trinajstić information content (AvgIpc) is 2.49. The molecule has 0 aromatic carbocycles. The van der Waals surface area contributed by atoms with E-state index in [4.69, 9.17) is 0 Å². The minimum absolute atomic E-state index is 0.133. The molecular weight excluding hydrogens is 168 g/mol. The maximum atomic E-state index is 10.7. The van der Waals surface area contributed by atoms with Crippen LogP contribution in [0.3, 0.4) is 0 Å². The molecule has 66 valence electrons. The van der Waals surface area contributed by atoms with Gasteiger partial charge in [-0.25, -0.2) is 9.97 Å². The van der Waals surface area contributed by atoms with E-state index in [0.717, 1.165) is 11.0 Å². The van der Waals surface area contributed by atoms with Gasteiger partial charge in [-0.15, -0.1) is 0 Å². The monoisotopic (exact) mass is 176 g/mol. The van der Waals surface area contributed by atoms with Crippen LogP contribution in [0.15, 0.2) is 18.6 Å². The number of aromatic nitrogens is 3. The number of amides is 1. The Balaban J connectivity index is 2.42. The molecule has 0 unspecified atom stereocenters. The third-order valence-electron chi connectivity index (χ3n) is 1.61. The largest absolute Gasteiger partial charge is 0.344 e. The number of rotatable bonds is 1. The zero-order valence-corrected chi connectivity index (χ0v) is 7.03. The summed E-state index contributed by atoms with van der Waals surface area (Å²) < 4.78 is 0. The van der Waals surface area contributed by atoms with Crippen LogP contribution in [-0.4, -0.2) is 20.9 Å². The smallest absolute Gasteiger partial charge is 0.222 e. The minimum atomic E-state index is -0.133. The Hall–Kier alpha value is -1.91. The van der Waals surface area contributed by atoms with Crippen LogP contribution in [0.4, 0.5) is 5.82 Å². The summed E-state index contributed by atoms with van der Waals surface area (Å²) in [5.41, 5.74) is 1.65. The number of hydrogen-bond donors (Lipinski definition) is 2. The number of hydrogen-bond acceptors (Lipinski definition) is 3. The summed E-state index contributed by atoms with van der Waals surface area (Å²) in [4.78, 5) is 21.7. The van der Waals surface area contributed by atoms with E-state index in [2.05, 4.69) is 20.3 Å². The second-order valence-electron chi connectivity index (χ2n) is 2.67. The van der Waals surface area contributed by atoms with Gasteiger partial charge in [-0.1, -0.05) is 0 Å². The van der Waals surface area contributed by atoms with Crippen LogP contribution in [0.2, 0.25) is 0 Å². The minimum Gasteiger partial charge on any atom is -0.344 e. The van der Waals surface area contributed by atoms with Crippen LogP contribution in [0.5, 0.6) is 0 Å². The van der Waals surface area contributed by atoms with Crippen molar-refractivity contribution in [2.45, 2.75) is 6.92 Å². The molecule has 1 amide bonds. The first-order valence-electron chi connectivity index (χ1n) is 3.82. The number of H-pyrrole nitrogens is 1. The Morgan fingerprint density at radius 1 is 1.54 bits per heavy atom. The van der Waals surface area contributed by atoms with Crippen molar-refractivity contribution in [2.24, 2.45) is 0 Å². The van der Waals surface area contributed by atoms with E-state index in [-0.39, 0.29) is 5.91 Å². The van der Waals surface area contributed by atoms with Crippen molar-refractivity contribution in [1.82, 2.24) is 15.0 Å². The molecule has 2 rings (SSSR count). The summed E-state index contributed by atoms with van der Waals surface area (Å²) in [6, 6.07) is 1.74. The Kier molecular flexibility index (Phi) is 1.70. The molecule has 2 heterocycles. The molecule has 5 heteroatoms. The summed E-state index contributed by atoms with van der Waals surface area (Å²) in [6.45, 7) is 1.44. The second-order valence-corrected chi connectivity index (χ2v) is 2.67. The molecule has 0 fully saturated rings. The highest BCUT2D eigenvalue weighted by atomic mass is 16.1. The van der Waals surface area contributed by atoms with Crippen molar-refractivity contribution < 1.29 is 4.79 Å². The Labute approximate surface area is 74.2 Å². The summed E-state index contributed by atoms with van der Waals surface area (Å²) >= 11 is 0. The van der Waals surface area contributed by atoms with Gasteiger partial charge in [0.15, 0.2) is 0 Å². The number of fused-ring (bicyclic) bond motifs is 1. The molecule has 0 radical (unpaired) electrons. The SMILES string of the molecule is CC(=O)Nc1cc2[nH]cnc2cn1.